The van der Waals surface area contributed by atoms with Crippen LogP contribution in [0.1, 0.15) is 87.5 Å². The van der Waals surface area contributed by atoms with Gasteiger partial charge < -0.3 is 15.0 Å². The smallest absolute Gasteiger partial charge is 0.333 e. The fourth-order valence-electron chi connectivity index (χ4n) is 4.80. The van der Waals surface area contributed by atoms with Crippen molar-refractivity contribution in [1.29, 1.82) is 0 Å². The van der Waals surface area contributed by atoms with Gasteiger partial charge in [-0.25, -0.2) is 4.79 Å². The van der Waals surface area contributed by atoms with E-state index in [1.54, 1.807) is 31.9 Å². The summed E-state index contributed by atoms with van der Waals surface area (Å²) in [6, 6.07) is -0.758. The molecule has 0 aromatic carbocycles. The number of ether oxygens (including phenoxy) is 1. The summed E-state index contributed by atoms with van der Waals surface area (Å²) in [5.41, 5.74) is 0.480. The SMILES string of the molecule is CCCC(C)N1CCCC[C@@H]1C(=O)N[C@H](C(=O)N(C)[C@H](C=C(C)C(=O)OCC)C(C)C)C(C)C. The summed E-state index contributed by atoms with van der Waals surface area (Å²) in [5, 5.41) is 3.10. The Labute approximate surface area is 207 Å². The fourth-order valence-corrected chi connectivity index (χ4v) is 4.80. The molecule has 1 saturated heterocycles. The molecule has 1 heterocycles. The van der Waals surface area contributed by atoms with Gasteiger partial charge >= 0.3 is 5.97 Å². The average molecular weight is 480 g/mol. The van der Waals surface area contributed by atoms with Crippen molar-refractivity contribution in [2.45, 2.75) is 112 Å². The van der Waals surface area contributed by atoms with Gasteiger partial charge in [0.1, 0.15) is 6.04 Å². The van der Waals surface area contributed by atoms with Gasteiger partial charge in [0, 0.05) is 18.7 Å². The molecule has 0 saturated carbocycles. The predicted octanol–water partition coefficient (Wildman–Crippen LogP) is 4.16. The third-order valence-corrected chi connectivity index (χ3v) is 6.85. The standard InChI is InChI=1S/C27H49N3O4/c1-10-14-21(8)30-16-13-12-15-22(30)25(31)28-24(19(5)6)26(32)29(9)23(18(3)4)17-20(7)27(33)34-11-2/h17-19,21-24H,10-16H2,1-9H3,(H,28,31)/t21?,22-,23-,24+/m1/s1. The van der Waals surface area contributed by atoms with Gasteiger partial charge in [-0.05, 0) is 58.4 Å². The van der Waals surface area contributed by atoms with Crippen LogP contribution < -0.4 is 5.32 Å². The number of nitrogens with zero attached hydrogens (tertiary/aromatic N) is 2. The largest absolute Gasteiger partial charge is 0.463 e. The molecular weight excluding hydrogens is 430 g/mol. The van der Waals surface area contributed by atoms with Gasteiger partial charge in [-0.1, -0.05) is 53.5 Å². The van der Waals surface area contributed by atoms with Crippen LogP contribution in [0, 0.1) is 11.8 Å². The van der Waals surface area contributed by atoms with Crippen LogP contribution in [-0.4, -0.2) is 72.0 Å². The molecule has 196 valence electrons. The molecule has 0 bridgehead atoms. The number of carbonyl (C=O) groups is 3. The van der Waals surface area contributed by atoms with Crippen LogP contribution in [0.15, 0.2) is 11.6 Å². The lowest BCUT2D eigenvalue weighted by atomic mass is 9.95. The Kier molecular flexibility index (Phi) is 12.9. The Balaban J connectivity index is 3.07. The van der Waals surface area contributed by atoms with E-state index in [0.717, 1.165) is 38.6 Å². The minimum Gasteiger partial charge on any atom is -0.463 e. The Morgan fingerprint density at radius 1 is 1.09 bits per heavy atom. The van der Waals surface area contributed by atoms with Crippen molar-refractivity contribution in [3.05, 3.63) is 11.6 Å². The number of likely N-dealkylation sites (N-methyl/N-ethyl adjacent to an activating group) is 1. The number of rotatable bonds is 12. The summed E-state index contributed by atoms with van der Waals surface area (Å²) in [7, 11) is 1.75. The Morgan fingerprint density at radius 3 is 2.26 bits per heavy atom. The zero-order chi connectivity index (χ0) is 26.0. The number of piperidine rings is 1. The molecule has 1 fully saturated rings. The van der Waals surface area contributed by atoms with Crippen molar-refractivity contribution in [2.24, 2.45) is 11.8 Å². The van der Waals surface area contributed by atoms with Crippen LogP contribution >= 0.6 is 0 Å². The molecule has 0 aromatic rings. The van der Waals surface area contributed by atoms with Gasteiger partial charge in [0.15, 0.2) is 0 Å². The van der Waals surface area contributed by atoms with E-state index in [0.29, 0.717) is 18.2 Å². The average Bonchev–Trinajstić information content (AvgIpc) is 2.79. The Hall–Kier alpha value is -1.89. The zero-order valence-electron chi connectivity index (χ0n) is 23.0. The monoisotopic (exact) mass is 479 g/mol. The lowest BCUT2D eigenvalue weighted by Gasteiger charge is -2.40. The quantitative estimate of drug-likeness (QED) is 0.336. The van der Waals surface area contributed by atoms with Crippen LogP contribution in [0.5, 0.6) is 0 Å². The second kappa shape index (κ2) is 14.5. The third-order valence-electron chi connectivity index (χ3n) is 6.85. The number of carbonyl (C=O) groups excluding carboxylic acids is 3. The summed E-state index contributed by atoms with van der Waals surface area (Å²) < 4.78 is 5.10. The molecule has 0 radical (unpaired) electrons. The second-order valence-electron chi connectivity index (χ2n) is 10.4. The molecule has 0 aliphatic carbocycles. The van der Waals surface area contributed by atoms with Crippen LogP contribution in [0.3, 0.4) is 0 Å². The molecule has 1 aliphatic heterocycles. The molecule has 7 nitrogen and oxygen atoms in total. The van der Waals surface area contributed by atoms with E-state index in [9.17, 15) is 14.4 Å². The number of esters is 1. The Morgan fingerprint density at radius 2 is 1.74 bits per heavy atom. The molecule has 34 heavy (non-hydrogen) atoms. The van der Waals surface area contributed by atoms with E-state index in [2.05, 4.69) is 24.1 Å². The summed E-state index contributed by atoms with van der Waals surface area (Å²) in [4.78, 5) is 43.1. The number of likely N-dealkylation sites (tertiary alicyclic amines) is 1. The highest BCUT2D eigenvalue weighted by atomic mass is 16.5. The number of amides is 2. The van der Waals surface area contributed by atoms with E-state index < -0.39 is 6.04 Å². The van der Waals surface area contributed by atoms with Gasteiger partial charge in [-0.2, -0.15) is 0 Å². The molecular formula is C27H49N3O4. The first-order valence-electron chi connectivity index (χ1n) is 13.1. The van der Waals surface area contributed by atoms with E-state index in [4.69, 9.17) is 4.74 Å². The number of nitrogens with one attached hydrogen (secondary N) is 1. The maximum Gasteiger partial charge on any atom is 0.333 e. The molecule has 7 heteroatoms. The number of hydrogen-bond acceptors (Lipinski definition) is 5. The molecule has 0 aromatic heterocycles. The van der Waals surface area contributed by atoms with Crippen molar-refractivity contribution in [2.75, 3.05) is 20.2 Å². The molecule has 1 aliphatic rings. The summed E-state index contributed by atoms with van der Waals surface area (Å²) >= 11 is 0. The lowest BCUT2D eigenvalue weighted by molar-refractivity contribution is -0.140. The third kappa shape index (κ3) is 8.40. The first kappa shape index (κ1) is 30.1. The summed E-state index contributed by atoms with van der Waals surface area (Å²) in [6.45, 7) is 17.0. The normalized spacial score (nSPS) is 20.1. The molecule has 1 N–H and O–H groups in total. The minimum atomic E-state index is -0.625. The Bertz CT molecular complexity index is 704. The molecule has 2 amide bonds. The van der Waals surface area contributed by atoms with Gasteiger partial charge in [-0.3, -0.25) is 14.5 Å². The van der Waals surface area contributed by atoms with Crippen molar-refractivity contribution < 1.29 is 19.1 Å². The first-order valence-corrected chi connectivity index (χ1v) is 13.1. The highest BCUT2D eigenvalue weighted by molar-refractivity contribution is 5.91. The summed E-state index contributed by atoms with van der Waals surface area (Å²) in [5.74, 6) is -0.541. The summed E-state index contributed by atoms with van der Waals surface area (Å²) in [6.07, 6.45) is 6.90. The van der Waals surface area contributed by atoms with E-state index in [-0.39, 0.29) is 41.7 Å². The van der Waals surface area contributed by atoms with Crippen molar-refractivity contribution >= 4 is 17.8 Å². The molecule has 0 spiro atoms. The predicted molar refractivity (Wildman–Crippen MR) is 137 cm³/mol. The van der Waals surface area contributed by atoms with Crippen LogP contribution in [-0.2, 0) is 19.1 Å². The van der Waals surface area contributed by atoms with E-state index in [1.165, 1.54) is 0 Å². The molecule has 4 atom stereocenters. The maximum absolute atomic E-state index is 13.6. The van der Waals surface area contributed by atoms with Crippen molar-refractivity contribution in [3.63, 3.8) is 0 Å². The van der Waals surface area contributed by atoms with Crippen LogP contribution in [0.4, 0.5) is 0 Å². The second-order valence-corrected chi connectivity index (χ2v) is 10.4. The fraction of sp³-hybridized carbons (Fsp3) is 0.815. The van der Waals surface area contributed by atoms with E-state index in [1.807, 2.05) is 27.7 Å². The number of hydrogen-bond donors (Lipinski definition) is 1. The highest BCUT2D eigenvalue weighted by Gasteiger charge is 2.36. The van der Waals surface area contributed by atoms with Gasteiger partial charge in [0.2, 0.25) is 11.8 Å². The minimum absolute atomic E-state index is 0.0533. The van der Waals surface area contributed by atoms with Gasteiger partial charge in [-0.15, -0.1) is 0 Å². The maximum atomic E-state index is 13.6. The molecule has 1 unspecified atom stereocenters. The van der Waals surface area contributed by atoms with Crippen molar-refractivity contribution in [3.8, 4) is 0 Å². The topological polar surface area (TPSA) is 79.0 Å². The van der Waals surface area contributed by atoms with E-state index >= 15 is 0 Å². The first-order chi connectivity index (χ1) is 16.0. The van der Waals surface area contributed by atoms with Crippen molar-refractivity contribution in [1.82, 2.24) is 15.1 Å². The highest BCUT2D eigenvalue weighted by Crippen LogP contribution is 2.23. The van der Waals surface area contributed by atoms with Crippen LogP contribution in [0.2, 0.25) is 0 Å². The van der Waals surface area contributed by atoms with Gasteiger partial charge in [0.25, 0.3) is 0 Å². The van der Waals surface area contributed by atoms with Crippen LogP contribution in [0.25, 0.3) is 0 Å². The van der Waals surface area contributed by atoms with Gasteiger partial charge in [0.05, 0.1) is 18.7 Å². The zero-order valence-corrected chi connectivity index (χ0v) is 23.0. The lowest BCUT2D eigenvalue weighted by Crippen LogP contribution is -2.59. The molecule has 1 rings (SSSR count).